The lowest BCUT2D eigenvalue weighted by Gasteiger charge is -2.29. The van der Waals surface area contributed by atoms with E-state index < -0.39 is 4.92 Å². The SMILES string of the molecule is O=C1C2=C(CCCC2)[C@H](Nc2cccc([N+](=O)[O-])c2)N1Cc1ccccc1. The molecule has 2 aliphatic rings. The summed E-state index contributed by atoms with van der Waals surface area (Å²) in [5.41, 5.74) is 3.81. The van der Waals surface area contributed by atoms with Gasteiger partial charge >= 0.3 is 0 Å². The summed E-state index contributed by atoms with van der Waals surface area (Å²) >= 11 is 0. The van der Waals surface area contributed by atoms with Crippen LogP contribution in [-0.2, 0) is 11.3 Å². The maximum atomic E-state index is 13.0. The molecule has 6 nitrogen and oxygen atoms in total. The van der Waals surface area contributed by atoms with Crippen LogP contribution in [0.3, 0.4) is 0 Å². The molecule has 6 heteroatoms. The van der Waals surface area contributed by atoms with Crippen LogP contribution in [0, 0.1) is 10.1 Å². The van der Waals surface area contributed by atoms with Crippen molar-refractivity contribution in [2.45, 2.75) is 38.4 Å². The van der Waals surface area contributed by atoms with Gasteiger partial charge in [0.25, 0.3) is 11.6 Å². The van der Waals surface area contributed by atoms with Crippen LogP contribution < -0.4 is 5.32 Å². The number of nitro benzene ring substituents is 1. The molecule has 2 aromatic carbocycles. The van der Waals surface area contributed by atoms with Crippen LogP contribution in [-0.4, -0.2) is 21.9 Å². The molecule has 1 aliphatic heterocycles. The number of rotatable bonds is 5. The van der Waals surface area contributed by atoms with Crippen molar-refractivity contribution in [1.82, 2.24) is 4.90 Å². The molecule has 2 aromatic rings. The third kappa shape index (κ3) is 3.43. The van der Waals surface area contributed by atoms with Gasteiger partial charge in [0.1, 0.15) is 6.17 Å². The predicted molar refractivity (Wildman–Crippen MR) is 103 cm³/mol. The monoisotopic (exact) mass is 363 g/mol. The lowest BCUT2D eigenvalue weighted by atomic mass is 9.92. The molecule has 1 aliphatic carbocycles. The van der Waals surface area contributed by atoms with Crippen molar-refractivity contribution in [3.63, 3.8) is 0 Å². The Morgan fingerprint density at radius 2 is 1.85 bits per heavy atom. The van der Waals surface area contributed by atoms with E-state index in [-0.39, 0.29) is 17.8 Å². The zero-order chi connectivity index (χ0) is 18.8. The Bertz CT molecular complexity index is 908. The van der Waals surface area contributed by atoms with Gasteiger partial charge in [0.15, 0.2) is 0 Å². The number of non-ortho nitro benzene ring substituents is 1. The Morgan fingerprint density at radius 3 is 2.63 bits per heavy atom. The zero-order valence-electron chi connectivity index (χ0n) is 14.9. The fourth-order valence-corrected chi connectivity index (χ4v) is 3.93. The first-order chi connectivity index (χ1) is 13.1. The van der Waals surface area contributed by atoms with Crippen LogP contribution in [0.25, 0.3) is 0 Å². The summed E-state index contributed by atoms with van der Waals surface area (Å²) in [6.07, 6.45) is 3.55. The molecule has 27 heavy (non-hydrogen) atoms. The maximum Gasteiger partial charge on any atom is 0.271 e. The van der Waals surface area contributed by atoms with Crippen LogP contribution in [0.15, 0.2) is 65.7 Å². The molecule has 0 saturated heterocycles. The highest BCUT2D eigenvalue weighted by atomic mass is 16.6. The van der Waals surface area contributed by atoms with E-state index in [0.29, 0.717) is 12.2 Å². The Morgan fingerprint density at radius 1 is 1.07 bits per heavy atom. The van der Waals surface area contributed by atoms with Gasteiger partial charge in [-0.25, -0.2) is 0 Å². The average molecular weight is 363 g/mol. The molecule has 1 heterocycles. The quantitative estimate of drug-likeness (QED) is 0.637. The number of hydrogen-bond acceptors (Lipinski definition) is 4. The molecule has 0 saturated carbocycles. The maximum absolute atomic E-state index is 13.0. The van der Waals surface area contributed by atoms with Gasteiger partial charge in [0, 0.05) is 29.9 Å². The summed E-state index contributed by atoms with van der Waals surface area (Å²) in [7, 11) is 0. The third-order valence-corrected chi connectivity index (χ3v) is 5.23. The second kappa shape index (κ2) is 7.23. The minimum Gasteiger partial charge on any atom is -0.361 e. The normalized spacial score (nSPS) is 19.2. The number of carbonyl (C=O) groups is 1. The van der Waals surface area contributed by atoms with E-state index in [1.165, 1.54) is 12.1 Å². The van der Waals surface area contributed by atoms with E-state index in [0.717, 1.165) is 42.4 Å². The number of amides is 1. The molecule has 4 rings (SSSR count). The van der Waals surface area contributed by atoms with E-state index in [1.807, 2.05) is 35.2 Å². The van der Waals surface area contributed by atoms with E-state index in [4.69, 9.17) is 0 Å². The Labute approximate surface area is 157 Å². The summed E-state index contributed by atoms with van der Waals surface area (Å²) in [6.45, 7) is 0.513. The molecule has 0 bridgehead atoms. The summed E-state index contributed by atoms with van der Waals surface area (Å²) in [6, 6.07) is 16.4. The minimum atomic E-state index is -0.405. The summed E-state index contributed by atoms with van der Waals surface area (Å²) in [5, 5.41) is 14.5. The first-order valence-electron chi connectivity index (χ1n) is 9.21. The lowest BCUT2D eigenvalue weighted by molar-refractivity contribution is -0.384. The number of benzene rings is 2. The number of nitrogens with one attached hydrogen (secondary N) is 1. The van der Waals surface area contributed by atoms with Crippen molar-refractivity contribution < 1.29 is 9.72 Å². The lowest BCUT2D eigenvalue weighted by Crippen LogP contribution is -2.40. The molecule has 0 unspecified atom stereocenters. The summed E-state index contributed by atoms with van der Waals surface area (Å²) in [4.78, 5) is 25.6. The Hall–Kier alpha value is -3.15. The van der Waals surface area contributed by atoms with Gasteiger partial charge in [-0.05, 0) is 42.9 Å². The van der Waals surface area contributed by atoms with Gasteiger partial charge in [-0.15, -0.1) is 0 Å². The van der Waals surface area contributed by atoms with Gasteiger partial charge in [-0.3, -0.25) is 14.9 Å². The molecule has 0 aromatic heterocycles. The minimum absolute atomic E-state index is 0.0387. The van der Waals surface area contributed by atoms with Crippen LogP contribution in [0.1, 0.15) is 31.2 Å². The molecule has 0 fully saturated rings. The van der Waals surface area contributed by atoms with Gasteiger partial charge in [-0.1, -0.05) is 36.4 Å². The smallest absolute Gasteiger partial charge is 0.271 e. The van der Waals surface area contributed by atoms with Crippen molar-refractivity contribution in [3.8, 4) is 0 Å². The predicted octanol–water partition coefficient (Wildman–Crippen LogP) is 4.25. The van der Waals surface area contributed by atoms with Crippen molar-refractivity contribution in [2.75, 3.05) is 5.32 Å². The van der Waals surface area contributed by atoms with Crippen LogP contribution >= 0.6 is 0 Å². The van der Waals surface area contributed by atoms with E-state index in [1.54, 1.807) is 12.1 Å². The van der Waals surface area contributed by atoms with Crippen LogP contribution in [0.5, 0.6) is 0 Å². The largest absolute Gasteiger partial charge is 0.361 e. The molecule has 138 valence electrons. The van der Waals surface area contributed by atoms with Gasteiger partial charge in [0.2, 0.25) is 0 Å². The molecule has 1 atom stereocenters. The fourth-order valence-electron chi connectivity index (χ4n) is 3.93. The highest BCUT2D eigenvalue weighted by Gasteiger charge is 2.39. The number of anilines is 1. The van der Waals surface area contributed by atoms with Gasteiger partial charge < -0.3 is 10.2 Å². The van der Waals surface area contributed by atoms with E-state index >= 15 is 0 Å². The van der Waals surface area contributed by atoms with Crippen molar-refractivity contribution in [3.05, 3.63) is 81.4 Å². The van der Waals surface area contributed by atoms with E-state index in [2.05, 4.69) is 5.32 Å². The second-order valence-electron chi connectivity index (χ2n) is 6.98. The first-order valence-corrected chi connectivity index (χ1v) is 9.21. The molecule has 1 N–H and O–H groups in total. The zero-order valence-corrected chi connectivity index (χ0v) is 14.9. The van der Waals surface area contributed by atoms with E-state index in [9.17, 15) is 14.9 Å². The molecule has 0 radical (unpaired) electrons. The van der Waals surface area contributed by atoms with Crippen molar-refractivity contribution in [1.29, 1.82) is 0 Å². The molecular formula is C21H21N3O3. The molecule has 1 amide bonds. The fraction of sp³-hybridized carbons (Fsp3) is 0.286. The van der Waals surface area contributed by atoms with Crippen molar-refractivity contribution in [2.24, 2.45) is 0 Å². The molecule has 0 spiro atoms. The average Bonchev–Trinajstić information content (AvgIpc) is 2.95. The first kappa shape index (κ1) is 17.3. The number of hydrogen-bond donors (Lipinski definition) is 1. The van der Waals surface area contributed by atoms with Gasteiger partial charge in [0.05, 0.1) is 4.92 Å². The number of nitro groups is 1. The Kier molecular flexibility index (Phi) is 4.62. The second-order valence-corrected chi connectivity index (χ2v) is 6.98. The van der Waals surface area contributed by atoms with Crippen LogP contribution in [0.2, 0.25) is 0 Å². The third-order valence-electron chi connectivity index (χ3n) is 5.23. The number of carbonyl (C=O) groups excluding carboxylic acids is 1. The topological polar surface area (TPSA) is 75.5 Å². The van der Waals surface area contributed by atoms with Gasteiger partial charge in [-0.2, -0.15) is 0 Å². The van der Waals surface area contributed by atoms with Crippen molar-refractivity contribution >= 4 is 17.3 Å². The molecular weight excluding hydrogens is 342 g/mol. The summed E-state index contributed by atoms with van der Waals surface area (Å²) in [5.74, 6) is 0.0801. The highest BCUT2D eigenvalue weighted by Crippen LogP contribution is 2.38. The highest BCUT2D eigenvalue weighted by molar-refractivity contribution is 5.98. The van der Waals surface area contributed by atoms with Crippen LogP contribution in [0.4, 0.5) is 11.4 Å². The standard InChI is InChI=1S/C21H21N3O3/c25-21-19-12-5-4-11-18(19)20(23(21)14-15-7-2-1-3-8-15)22-16-9-6-10-17(13-16)24(26)27/h1-3,6-10,13,20,22H,4-5,11-12,14H2/t20-/m1/s1. The summed E-state index contributed by atoms with van der Waals surface area (Å²) < 4.78 is 0. The number of nitrogens with zero attached hydrogens (tertiary/aromatic N) is 2. The Balaban J connectivity index is 1.65.